The molecule has 0 amide bonds. The maximum Gasteiger partial charge on any atom is 0.0926 e. The van der Waals surface area contributed by atoms with Gasteiger partial charge < -0.3 is 5.11 Å². The van der Waals surface area contributed by atoms with Gasteiger partial charge in [-0.05, 0) is 58.0 Å². The summed E-state index contributed by atoms with van der Waals surface area (Å²) in [6.45, 7) is 0. The first-order valence-electron chi connectivity index (χ1n) is 4.64. The van der Waals surface area contributed by atoms with Gasteiger partial charge in [0.2, 0.25) is 0 Å². The summed E-state index contributed by atoms with van der Waals surface area (Å²) in [7, 11) is 0. The standard InChI is InChI=1S/C10H11BrOS/c11-7-1-4-13-9(7)8(12)6-5-10(6)2-3-10/h1,4,6,8,12H,2-3,5H2. The molecule has 1 nitrogen and oxygen atoms in total. The Morgan fingerprint density at radius 1 is 1.62 bits per heavy atom. The quantitative estimate of drug-likeness (QED) is 0.863. The third-order valence-electron chi connectivity index (χ3n) is 3.44. The minimum Gasteiger partial charge on any atom is -0.387 e. The first kappa shape index (κ1) is 8.45. The molecule has 0 bridgehead atoms. The van der Waals surface area contributed by atoms with Crippen molar-refractivity contribution < 1.29 is 5.11 Å². The highest BCUT2D eigenvalue weighted by atomic mass is 79.9. The average Bonchev–Trinajstić information content (AvgIpc) is 3.00. The first-order chi connectivity index (χ1) is 6.23. The lowest BCUT2D eigenvalue weighted by molar-refractivity contribution is 0.148. The smallest absolute Gasteiger partial charge is 0.0926 e. The molecule has 0 saturated heterocycles. The highest BCUT2D eigenvalue weighted by Gasteiger charge is 2.65. The van der Waals surface area contributed by atoms with Crippen LogP contribution < -0.4 is 0 Å². The van der Waals surface area contributed by atoms with E-state index in [1.165, 1.54) is 19.3 Å². The predicted molar refractivity (Wildman–Crippen MR) is 56.8 cm³/mol. The van der Waals surface area contributed by atoms with Crippen LogP contribution >= 0.6 is 27.3 Å². The van der Waals surface area contributed by atoms with Crippen LogP contribution in [0.25, 0.3) is 0 Å². The summed E-state index contributed by atoms with van der Waals surface area (Å²) in [5.74, 6) is 0.558. The van der Waals surface area contributed by atoms with Gasteiger partial charge in [0, 0.05) is 9.35 Å². The number of aliphatic hydroxyl groups excluding tert-OH is 1. The number of aliphatic hydroxyl groups is 1. The Morgan fingerprint density at radius 3 is 2.85 bits per heavy atom. The Bertz CT molecular complexity index is 342. The molecule has 0 aliphatic heterocycles. The SMILES string of the molecule is OC(c1sccc1Br)C1CC12CC2. The van der Waals surface area contributed by atoms with Gasteiger partial charge >= 0.3 is 0 Å². The molecule has 1 spiro atoms. The van der Waals surface area contributed by atoms with Gasteiger partial charge in [-0.25, -0.2) is 0 Å². The molecular weight excluding hydrogens is 248 g/mol. The summed E-state index contributed by atoms with van der Waals surface area (Å²) >= 11 is 5.13. The van der Waals surface area contributed by atoms with Crippen LogP contribution in [-0.4, -0.2) is 5.11 Å². The van der Waals surface area contributed by atoms with E-state index < -0.39 is 0 Å². The van der Waals surface area contributed by atoms with Crippen molar-refractivity contribution in [3.63, 3.8) is 0 Å². The Kier molecular flexibility index (Phi) is 1.68. The zero-order chi connectivity index (χ0) is 9.05. The van der Waals surface area contributed by atoms with Gasteiger partial charge in [-0.15, -0.1) is 11.3 Å². The molecule has 2 fully saturated rings. The van der Waals surface area contributed by atoms with Crippen molar-refractivity contribution in [2.75, 3.05) is 0 Å². The lowest BCUT2D eigenvalue weighted by Crippen LogP contribution is -1.99. The summed E-state index contributed by atoms with van der Waals surface area (Å²) in [4.78, 5) is 1.12. The van der Waals surface area contributed by atoms with Crippen LogP contribution in [0.1, 0.15) is 30.2 Å². The van der Waals surface area contributed by atoms with Crippen LogP contribution in [0.5, 0.6) is 0 Å². The highest BCUT2D eigenvalue weighted by molar-refractivity contribution is 9.10. The van der Waals surface area contributed by atoms with Crippen LogP contribution in [0.15, 0.2) is 15.9 Å². The molecule has 2 aliphatic carbocycles. The third kappa shape index (κ3) is 1.21. The van der Waals surface area contributed by atoms with E-state index >= 15 is 0 Å². The fourth-order valence-corrected chi connectivity index (χ4v) is 3.92. The minimum atomic E-state index is -0.211. The molecule has 2 saturated carbocycles. The van der Waals surface area contributed by atoms with Crippen LogP contribution in [0, 0.1) is 11.3 Å². The molecule has 0 radical (unpaired) electrons. The van der Waals surface area contributed by atoms with Gasteiger partial charge in [-0.2, -0.15) is 0 Å². The normalized spacial score (nSPS) is 30.5. The summed E-state index contributed by atoms with van der Waals surface area (Å²) in [6.07, 6.45) is 3.73. The monoisotopic (exact) mass is 258 g/mol. The second kappa shape index (κ2) is 2.59. The summed E-state index contributed by atoms with van der Waals surface area (Å²) in [5.41, 5.74) is 0.586. The van der Waals surface area contributed by atoms with Gasteiger partial charge in [0.15, 0.2) is 0 Å². The van der Waals surface area contributed by atoms with E-state index in [9.17, 15) is 5.11 Å². The molecule has 1 aromatic rings. The van der Waals surface area contributed by atoms with Crippen LogP contribution in [0.4, 0.5) is 0 Å². The van der Waals surface area contributed by atoms with Crippen molar-refractivity contribution in [2.24, 2.45) is 11.3 Å². The Balaban J connectivity index is 1.82. The maximum atomic E-state index is 10.1. The zero-order valence-electron chi connectivity index (χ0n) is 7.16. The molecule has 0 aromatic carbocycles. The Morgan fingerprint density at radius 2 is 2.38 bits per heavy atom. The molecule has 13 heavy (non-hydrogen) atoms. The van der Waals surface area contributed by atoms with Crippen LogP contribution in [0.2, 0.25) is 0 Å². The molecule has 2 atom stereocenters. The zero-order valence-corrected chi connectivity index (χ0v) is 9.57. The lowest BCUT2D eigenvalue weighted by Gasteiger charge is -2.07. The molecule has 3 rings (SSSR count). The van der Waals surface area contributed by atoms with E-state index in [1.54, 1.807) is 11.3 Å². The summed E-state index contributed by atoms with van der Waals surface area (Å²) in [5, 5.41) is 12.1. The largest absolute Gasteiger partial charge is 0.387 e. The van der Waals surface area contributed by atoms with E-state index in [0.717, 1.165) is 9.35 Å². The summed E-state index contributed by atoms with van der Waals surface area (Å²) < 4.78 is 1.08. The summed E-state index contributed by atoms with van der Waals surface area (Å²) in [6, 6.07) is 2.02. The third-order valence-corrected chi connectivity index (χ3v) is 5.38. The van der Waals surface area contributed by atoms with E-state index in [2.05, 4.69) is 15.9 Å². The van der Waals surface area contributed by atoms with Gasteiger partial charge in [-0.1, -0.05) is 0 Å². The van der Waals surface area contributed by atoms with Gasteiger partial charge in [-0.3, -0.25) is 0 Å². The molecule has 1 N–H and O–H groups in total. The Labute approximate surface area is 89.9 Å². The van der Waals surface area contributed by atoms with Gasteiger partial charge in [0.25, 0.3) is 0 Å². The van der Waals surface area contributed by atoms with E-state index in [0.29, 0.717) is 11.3 Å². The van der Waals surface area contributed by atoms with Crippen molar-refractivity contribution in [1.29, 1.82) is 0 Å². The van der Waals surface area contributed by atoms with E-state index in [1.807, 2.05) is 11.4 Å². The first-order valence-corrected chi connectivity index (χ1v) is 6.31. The fraction of sp³-hybridized carbons (Fsp3) is 0.600. The van der Waals surface area contributed by atoms with Crippen molar-refractivity contribution in [2.45, 2.75) is 25.4 Å². The highest BCUT2D eigenvalue weighted by Crippen LogP contribution is 2.74. The van der Waals surface area contributed by atoms with Crippen molar-refractivity contribution in [3.05, 3.63) is 20.8 Å². The van der Waals surface area contributed by atoms with Gasteiger partial charge in [0.05, 0.1) is 6.10 Å². The average molecular weight is 259 g/mol. The predicted octanol–water partition coefficient (Wildman–Crippen LogP) is 3.34. The molecule has 1 aromatic heterocycles. The molecule has 2 aliphatic rings. The number of rotatable bonds is 2. The minimum absolute atomic E-state index is 0.211. The van der Waals surface area contributed by atoms with Crippen molar-refractivity contribution in [1.82, 2.24) is 0 Å². The topological polar surface area (TPSA) is 20.2 Å². The van der Waals surface area contributed by atoms with E-state index in [4.69, 9.17) is 0 Å². The van der Waals surface area contributed by atoms with Gasteiger partial charge in [0.1, 0.15) is 0 Å². The second-order valence-corrected chi connectivity index (χ2v) is 6.05. The molecule has 2 unspecified atom stereocenters. The lowest BCUT2D eigenvalue weighted by atomic mass is 10.1. The number of halogens is 1. The molecule has 3 heteroatoms. The fourth-order valence-electron chi connectivity index (χ4n) is 2.26. The number of thiophene rings is 1. The van der Waals surface area contributed by atoms with Crippen molar-refractivity contribution in [3.8, 4) is 0 Å². The van der Waals surface area contributed by atoms with E-state index in [-0.39, 0.29) is 6.10 Å². The maximum absolute atomic E-state index is 10.1. The van der Waals surface area contributed by atoms with Crippen molar-refractivity contribution >= 4 is 27.3 Å². The van der Waals surface area contributed by atoms with Crippen LogP contribution in [-0.2, 0) is 0 Å². The number of hydrogen-bond acceptors (Lipinski definition) is 2. The second-order valence-electron chi connectivity index (χ2n) is 4.25. The Hall–Kier alpha value is 0.140. The number of hydrogen-bond donors (Lipinski definition) is 1. The molecular formula is C10H11BrOS. The molecule has 1 heterocycles. The molecule has 70 valence electrons. The van der Waals surface area contributed by atoms with Crippen LogP contribution in [0.3, 0.4) is 0 Å².